The molecule has 0 atom stereocenters. The van der Waals surface area contributed by atoms with Gasteiger partial charge in [-0.15, -0.1) is 0 Å². The van der Waals surface area contributed by atoms with Crippen molar-refractivity contribution in [3.63, 3.8) is 0 Å². The Balaban J connectivity index is 1.47. The first-order valence-corrected chi connectivity index (χ1v) is 11.5. The van der Waals surface area contributed by atoms with Gasteiger partial charge in [-0.2, -0.15) is 13.2 Å². The van der Waals surface area contributed by atoms with Crippen molar-refractivity contribution < 1.29 is 13.2 Å². The minimum Gasteiger partial charge on any atom is -0.367 e. The Morgan fingerprint density at radius 2 is 1.76 bits per heavy atom. The fourth-order valence-electron chi connectivity index (χ4n) is 4.42. The van der Waals surface area contributed by atoms with Crippen molar-refractivity contribution in [2.24, 2.45) is 0 Å². The van der Waals surface area contributed by atoms with Crippen LogP contribution in [0, 0.1) is 0 Å². The van der Waals surface area contributed by atoms with E-state index in [4.69, 9.17) is 11.6 Å². The SMILES string of the molecule is FC(F)(F)c1ccc(Cl)cc1CN1CCNc2ncc(-c3ccnc(N4CCNCC4)c3)cc21. The zero-order valence-corrected chi connectivity index (χ0v) is 19.1. The van der Waals surface area contributed by atoms with E-state index in [1.54, 1.807) is 12.4 Å². The third-order valence-corrected chi connectivity index (χ3v) is 6.37. The number of anilines is 3. The Kier molecular flexibility index (Phi) is 6.22. The quantitative estimate of drug-likeness (QED) is 0.557. The molecule has 4 heterocycles. The first kappa shape index (κ1) is 22.7. The lowest BCUT2D eigenvalue weighted by atomic mass is 10.0. The minimum atomic E-state index is -4.45. The Hall–Kier alpha value is -3.04. The van der Waals surface area contributed by atoms with Crippen molar-refractivity contribution in [1.82, 2.24) is 15.3 Å². The van der Waals surface area contributed by atoms with Crippen molar-refractivity contribution in [2.75, 3.05) is 54.4 Å². The fourth-order valence-corrected chi connectivity index (χ4v) is 4.62. The van der Waals surface area contributed by atoms with E-state index < -0.39 is 11.7 Å². The van der Waals surface area contributed by atoms with Gasteiger partial charge in [-0.25, -0.2) is 9.97 Å². The monoisotopic (exact) mass is 488 g/mol. The molecule has 2 aliphatic rings. The van der Waals surface area contributed by atoms with Crippen LogP contribution < -0.4 is 20.4 Å². The number of aromatic nitrogens is 2. The largest absolute Gasteiger partial charge is 0.416 e. The van der Waals surface area contributed by atoms with Gasteiger partial charge in [-0.05, 0) is 47.5 Å². The van der Waals surface area contributed by atoms with Crippen molar-refractivity contribution in [3.05, 3.63) is 64.9 Å². The van der Waals surface area contributed by atoms with E-state index in [-0.39, 0.29) is 17.1 Å². The molecular weight excluding hydrogens is 465 g/mol. The van der Waals surface area contributed by atoms with Crippen LogP contribution in [0.2, 0.25) is 5.02 Å². The number of rotatable bonds is 4. The van der Waals surface area contributed by atoms with Gasteiger partial charge in [-0.1, -0.05) is 11.6 Å². The van der Waals surface area contributed by atoms with Gasteiger partial charge in [0.25, 0.3) is 0 Å². The van der Waals surface area contributed by atoms with Gasteiger partial charge in [0.1, 0.15) is 11.6 Å². The highest BCUT2D eigenvalue weighted by molar-refractivity contribution is 6.30. The van der Waals surface area contributed by atoms with Crippen LogP contribution in [0.5, 0.6) is 0 Å². The molecule has 6 nitrogen and oxygen atoms in total. The standard InChI is InChI=1S/C24H24ClF3N6/c25-19-1-2-20(24(26,27)28)18(11-19)15-34-10-7-31-23-21(34)12-17(14-32-23)16-3-4-30-22(13-16)33-8-5-29-6-9-33/h1-4,11-14,29H,5-10,15H2,(H,31,32). The van der Waals surface area contributed by atoms with Crippen molar-refractivity contribution in [1.29, 1.82) is 0 Å². The molecule has 0 saturated carbocycles. The smallest absolute Gasteiger partial charge is 0.367 e. The third-order valence-electron chi connectivity index (χ3n) is 6.14. The Labute approximate surface area is 200 Å². The molecule has 178 valence electrons. The van der Waals surface area contributed by atoms with E-state index in [1.807, 2.05) is 23.1 Å². The van der Waals surface area contributed by atoms with Crippen molar-refractivity contribution >= 4 is 28.9 Å². The van der Waals surface area contributed by atoms with Crippen LogP contribution in [-0.2, 0) is 12.7 Å². The number of nitrogens with zero attached hydrogens (tertiary/aromatic N) is 4. The van der Waals surface area contributed by atoms with Crippen LogP contribution in [0.3, 0.4) is 0 Å². The van der Waals surface area contributed by atoms with Gasteiger partial charge in [0.05, 0.1) is 11.3 Å². The van der Waals surface area contributed by atoms with Crippen LogP contribution in [-0.4, -0.2) is 49.2 Å². The molecule has 0 spiro atoms. The zero-order chi connectivity index (χ0) is 23.7. The van der Waals surface area contributed by atoms with Gasteiger partial charge < -0.3 is 20.4 Å². The summed E-state index contributed by atoms with van der Waals surface area (Å²) in [5.41, 5.74) is 2.08. The summed E-state index contributed by atoms with van der Waals surface area (Å²) in [5, 5.41) is 6.86. The van der Waals surface area contributed by atoms with Crippen LogP contribution >= 0.6 is 11.6 Å². The molecule has 2 aliphatic heterocycles. The van der Waals surface area contributed by atoms with Crippen molar-refractivity contribution in [2.45, 2.75) is 12.7 Å². The molecule has 0 radical (unpaired) electrons. The van der Waals surface area contributed by atoms with Gasteiger partial charge in [0.15, 0.2) is 0 Å². The molecule has 5 rings (SSSR count). The summed E-state index contributed by atoms with van der Waals surface area (Å²) in [6, 6.07) is 9.65. The second-order valence-electron chi connectivity index (χ2n) is 8.38. The Morgan fingerprint density at radius 1 is 0.941 bits per heavy atom. The van der Waals surface area contributed by atoms with E-state index in [0.717, 1.165) is 54.9 Å². The van der Waals surface area contributed by atoms with Crippen LogP contribution in [0.4, 0.5) is 30.5 Å². The number of pyridine rings is 2. The van der Waals surface area contributed by atoms with Crippen LogP contribution in [0.15, 0.2) is 48.8 Å². The average molecular weight is 489 g/mol. The third kappa shape index (κ3) is 4.76. The second kappa shape index (κ2) is 9.31. The predicted octanol–water partition coefficient (Wildman–Crippen LogP) is 4.66. The number of fused-ring (bicyclic) bond motifs is 1. The molecule has 0 bridgehead atoms. The summed E-state index contributed by atoms with van der Waals surface area (Å²) in [7, 11) is 0. The number of alkyl halides is 3. The molecule has 10 heteroatoms. The number of halogens is 4. The summed E-state index contributed by atoms with van der Waals surface area (Å²) in [4.78, 5) is 13.2. The molecule has 3 aromatic rings. The maximum atomic E-state index is 13.6. The molecule has 0 amide bonds. The van der Waals surface area contributed by atoms with E-state index in [9.17, 15) is 13.2 Å². The van der Waals surface area contributed by atoms with Crippen molar-refractivity contribution in [3.8, 4) is 11.1 Å². The molecular formula is C24H24ClF3N6. The van der Waals surface area contributed by atoms with Gasteiger partial charge in [-0.3, -0.25) is 0 Å². The second-order valence-corrected chi connectivity index (χ2v) is 8.82. The predicted molar refractivity (Wildman–Crippen MR) is 129 cm³/mol. The summed E-state index contributed by atoms with van der Waals surface area (Å²) >= 11 is 6.04. The lowest BCUT2D eigenvalue weighted by molar-refractivity contribution is -0.138. The number of piperazine rings is 1. The number of nitrogens with one attached hydrogen (secondary N) is 2. The lowest BCUT2D eigenvalue weighted by Crippen LogP contribution is -2.43. The highest BCUT2D eigenvalue weighted by Gasteiger charge is 2.34. The normalized spacial score (nSPS) is 16.2. The van der Waals surface area contributed by atoms with Crippen LogP contribution in [0.1, 0.15) is 11.1 Å². The van der Waals surface area contributed by atoms with Gasteiger partial charge in [0.2, 0.25) is 0 Å². The van der Waals surface area contributed by atoms with Gasteiger partial charge >= 0.3 is 6.18 Å². The maximum Gasteiger partial charge on any atom is 0.416 e. The van der Waals surface area contributed by atoms with E-state index in [0.29, 0.717) is 18.9 Å². The van der Waals surface area contributed by atoms with E-state index in [2.05, 4.69) is 25.5 Å². The molecule has 2 N–H and O–H groups in total. The number of hydrogen-bond acceptors (Lipinski definition) is 6. The molecule has 1 aromatic carbocycles. The summed E-state index contributed by atoms with van der Waals surface area (Å²) < 4.78 is 40.8. The zero-order valence-electron chi connectivity index (χ0n) is 18.4. The van der Waals surface area contributed by atoms with Gasteiger partial charge in [0, 0.05) is 68.8 Å². The average Bonchev–Trinajstić information content (AvgIpc) is 2.84. The number of benzene rings is 1. The first-order valence-electron chi connectivity index (χ1n) is 11.1. The molecule has 0 unspecified atom stereocenters. The summed E-state index contributed by atoms with van der Waals surface area (Å²) in [6.45, 7) is 4.81. The Bertz CT molecular complexity index is 1180. The highest BCUT2D eigenvalue weighted by atomic mass is 35.5. The minimum absolute atomic E-state index is 0.0809. The fraction of sp³-hybridized carbons (Fsp3) is 0.333. The molecule has 2 aromatic heterocycles. The summed E-state index contributed by atoms with van der Waals surface area (Å²) in [6.07, 6.45) is -0.884. The molecule has 1 saturated heterocycles. The first-order chi connectivity index (χ1) is 16.4. The maximum absolute atomic E-state index is 13.6. The number of hydrogen-bond donors (Lipinski definition) is 2. The topological polar surface area (TPSA) is 56.3 Å². The molecule has 1 fully saturated rings. The molecule has 34 heavy (non-hydrogen) atoms. The highest BCUT2D eigenvalue weighted by Crippen LogP contribution is 2.37. The lowest BCUT2D eigenvalue weighted by Gasteiger charge is -2.32. The molecule has 0 aliphatic carbocycles. The van der Waals surface area contributed by atoms with E-state index in [1.165, 1.54) is 12.1 Å². The van der Waals surface area contributed by atoms with Crippen LogP contribution in [0.25, 0.3) is 11.1 Å². The van der Waals surface area contributed by atoms with E-state index >= 15 is 0 Å². The summed E-state index contributed by atoms with van der Waals surface area (Å²) in [5.74, 6) is 1.56. The Morgan fingerprint density at radius 3 is 2.56 bits per heavy atom.